The number of allylic oxidation sites excluding steroid dienone is 6. The lowest BCUT2D eigenvalue weighted by molar-refractivity contribution is -0.167. The molecule has 0 unspecified atom stereocenters. The Morgan fingerprint density at radius 2 is 0.632 bits per heavy atom. The van der Waals surface area contributed by atoms with Crippen LogP contribution in [0.3, 0.4) is 0 Å². The first-order chi connectivity index (χ1) is 28.0. The summed E-state index contributed by atoms with van der Waals surface area (Å²) in [5, 5.41) is 0. The van der Waals surface area contributed by atoms with Crippen LogP contribution in [-0.2, 0) is 28.6 Å². The van der Waals surface area contributed by atoms with Gasteiger partial charge in [0.25, 0.3) is 0 Å². The number of hydrogen-bond donors (Lipinski definition) is 0. The summed E-state index contributed by atoms with van der Waals surface area (Å²) in [6.45, 7) is 6.58. The van der Waals surface area contributed by atoms with E-state index < -0.39 is 6.10 Å². The van der Waals surface area contributed by atoms with E-state index >= 15 is 0 Å². The van der Waals surface area contributed by atoms with E-state index in [9.17, 15) is 14.4 Å². The van der Waals surface area contributed by atoms with Crippen LogP contribution < -0.4 is 0 Å². The highest BCUT2D eigenvalue weighted by molar-refractivity contribution is 5.71. The SMILES string of the molecule is CCCCC/C=C\C/C=C\C/C=C\CCCCC(=O)O[C@@H](COC(=O)CCCCCCCCCCCCC)COC(=O)CCCCCCCCCCCCCCC. The smallest absolute Gasteiger partial charge is 0.306 e. The van der Waals surface area contributed by atoms with Crippen molar-refractivity contribution in [1.29, 1.82) is 0 Å². The highest BCUT2D eigenvalue weighted by atomic mass is 16.6. The predicted octanol–water partition coefficient (Wildman–Crippen LogP) is 15.8. The second kappa shape index (κ2) is 46.3. The average molecular weight is 801 g/mol. The zero-order valence-electron chi connectivity index (χ0n) is 37.9. The summed E-state index contributed by atoms with van der Waals surface area (Å²) in [5.41, 5.74) is 0. The number of rotatable bonds is 44. The van der Waals surface area contributed by atoms with E-state index in [1.165, 1.54) is 141 Å². The van der Waals surface area contributed by atoms with Gasteiger partial charge in [-0.3, -0.25) is 14.4 Å². The summed E-state index contributed by atoms with van der Waals surface area (Å²) >= 11 is 0. The Balaban J connectivity index is 4.42. The molecular weight excluding hydrogens is 709 g/mol. The molecule has 0 fully saturated rings. The molecule has 57 heavy (non-hydrogen) atoms. The van der Waals surface area contributed by atoms with Crippen LogP contribution in [0.15, 0.2) is 36.5 Å². The van der Waals surface area contributed by atoms with Crippen molar-refractivity contribution >= 4 is 17.9 Å². The molecule has 0 radical (unpaired) electrons. The van der Waals surface area contributed by atoms with Gasteiger partial charge in [0.2, 0.25) is 0 Å². The van der Waals surface area contributed by atoms with Crippen LogP contribution >= 0.6 is 0 Å². The summed E-state index contributed by atoms with van der Waals surface area (Å²) in [6, 6.07) is 0. The molecule has 0 saturated carbocycles. The molecular formula is C51H92O6. The molecule has 0 rings (SSSR count). The first-order valence-corrected chi connectivity index (χ1v) is 24.5. The quantitative estimate of drug-likeness (QED) is 0.0264. The number of hydrogen-bond acceptors (Lipinski definition) is 6. The van der Waals surface area contributed by atoms with Gasteiger partial charge < -0.3 is 14.2 Å². The molecule has 0 aliphatic heterocycles. The fourth-order valence-electron chi connectivity index (χ4n) is 6.92. The lowest BCUT2D eigenvalue weighted by Crippen LogP contribution is -2.30. The second-order valence-corrected chi connectivity index (χ2v) is 16.4. The van der Waals surface area contributed by atoms with E-state index in [0.717, 1.165) is 64.2 Å². The molecule has 0 aliphatic carbocycles. The highest BCUT2D eigenvalue weighted by Crippen LogP contribution is 2.15. The van der Waals surface area contributed by atoms with E-state index in [1.54, 1.807) is 0 Å². The Kier molecular flexibility index (Phi) is 44.4. The first kappa shape index (κ1) is 54.6. The molecule has 0 N–H and O–H groups in total. The first-order valence-electron chi connectivity index (χ1n) is 24.5. The number of carbonyl (C=O) groups is 3. The average Bonchev–Trinajstić information content (AvgIpc) is 3.21. The molecule has 0 bridgehead atoms. The standard InChI is InChI=1S/C51H92O6/c1-4-7-10-13-16-19-22-24-25-27-30-33-36-39-42-45-51(54)57-48(46-55-49(52)43-40-37-34-31-28-21-18-15-12-9-6-3)47-56-50(53)44-41-38-35-32-29-26-23-20-17-14-11-8-5-2/h16,19,24-25,30,33,48H,4-15,17-18,20-23,26-29,31-32,34-47H2,1-3H3/b19-16-,25-24-,33-30-/t48-/m0/s1. The maximum atomic E-state index is 12.7. The highest BCUT2D eigenvalue weighted by Gasteiger charge is 2.19. The third kappa shape index (κ3) is 44.6. The molecule has 0 amide bonds. The largest absolute Gasteiger partial charge is 0.462 e. The van der Waals surface area contributed by atoms with Crippen LogP contribution in [0.1, 0.15) is 252 Å². The molecule has 0 heterocycles. The van der Waals surface area contributed by atoms with Gasteiger partial charge in [0.05, 0.1) is 0 Å². The number of ether oxygens (including phenoxy) is 3. The molecule has 332 valence electrons. The molecule has 6 heteroatoms. The van der Waals surface area contributed by atoms with E-state index in [4.69, 9.17) is 14.2 Å². The van der Waals surface area contributed by atoms with Crippen molar-refractivity contribution in [1.82, 2.24) is 0 Å². The van der Waals surface area contributed by atoms with Gasteiger partial charge in [-0.1, -0.05) is 211 Å². The van der Waals surface area contributed by atoms with Gasteiger partial charge in [0.15, 0.2) is 6.10 Å². The van der Waals surface area contributed by atoms with Crippen LogP contribution in [-0.4, -0.2) is 37.2 Å². The Bertz CT molecular complexity index is 969. The molecule has 1 atom stereocenters. The van der Waals surface area contributed by atoms with Crippen molar-refractivity contribution in [3.05, 3.63) is 36.5 Å². The van der Waals surface area contributed by atoms with Gasteiger partial charge in [-0.05, 0) is 57.8 Å². The van der Waals surface area contributed by atoms with E-state index in [1.807, 2.05) is 0 Å². The van der Waals surface area contributed by atoms with Crippen molar-refractivity contribution in [3.63, 3.8) is 0 Å². The minimum Gasteiger partial charge on any atom is -0.462 e. The summed E-state index contributed by atoms with van der Waals surface area (Å²) in [5.74, 6) is -0.915. The van der Waals surface area contributed by atoms with Gasteiger partial charge in [-0.25, -0.2) is 0 Å². The zero-order valence-corrected chi connectivity index (χ0v) is 37.9. The van der Waals surface area contributed by atoms with Crippen molar-refractivity contribution < 1.29 is 28.6 Å². The van der Waals surface area contributed by atoms with Crippen molar-refractivity contribution in [2.24, 2.45) is 0 Å². The minimum absolute atomic E-state index is 0.0837. The lowest BCUT2D eigenvalue weighted by Gasteiger charge is -2.18. The summed E-state index contributed by atoms with van der Waals surface area (Å²) in [4.78, 5) is 37.8. The predicted molar refractivity (Wildman–Crippen MR) is 242 cm³/mol. The third-order valence-electron chi connectivity index (χ3n) is 10.6. The topological polar surface area (TPSA) is 78.9 Å². The van der Waals surface area contributed by atoms with Crippen molar-refractivity contribution in [3.8, 4) is 0 Å². The van der Waals surface area contributed by atoms with E-state index in [0.29, 0.717) is 19.3 Å². The Labute approximate surface area is 353 Å². The van der Waals surface area contributed by atoms with Crippen molar-refractivity contribution in [2.45, 2.75) is 258 Å². The van der Waals surface area contributed by atoms with E-state index in [-0.39, 0.29) is 37.5 Å². The summed E-state index contributed by atoms with van der Waals surface area (Å²) in [6.07, 6.45) is 52.6. The molecule has 0 saturated heterocycles. The lowest BCUT2D eigenvalue weighted by atomic mass is 10.0. The van der Waals surface area contributed by atoms with Gasteiger partial charge in [-0.15, -0.1) is 0 Å². The van der Waals surface area contributed by atoms with Crippen LogP contribution in [0.4, 0.5) is 0 Å². The molecule has 6 nitrogen and oxygen atoms in total. The molecule has 0 aromatic carbocycles. The van der Waals surface area contributed by atoms with Crippen LogP contribution in [0, 0.1) is 0 Å². The number of carbonyl (C=O) groups excluding carboxylic acids is 3. The molecule has 0 spiro atoms. The summed E-state index contributed by atoms with van der Waals surface area (Å²) in [7, 11) is 0. The monoisotopic (exact) mass is 801 g/mol. The fraction of sp³-hybridized carbons (Fsp3) is 0.824. The van der Waals surface area contributed by atoms with Gasteiger partial charge in [-0.2, -0.15) is 0 Å². The molecule has 0 aromatic rings. The minimum atomic E-state index is -0.785. The van der Waals surface area contributed by atoms with Crippen LogP contribution in [0.2, 0.25) is 0 Å². The Morgan fingerprint density at radius 3 is 1.02 bits per heavy atom. The third-order valence-corrected chi connectivity index (χ3v) is 10.6. The Hall–Kier alpha value is -2.37. The zero-order chi connectivity index (χ0) is 41.5. The number of unbranched alkanes of at least 4 members (excludes halogenated alkanes) is 27. The summed E-state index contributed by atoms with van der Waals surface area (Å²) < 4.78 is 16.7. The van der Waals surface area contributed by atoms with E-state index in [2.05, 4.69) is 57.2 Å². The molecule has 0 aromatic heterocycles. The molecule has 0 aliphatic rings. The van der Waals surface area contributed by atoms with Crippen LogP contribution in [0.25, 0.3) is 0 Å². The maximum absolute atomic E-state index is 12.7. The van der Waals surface area contributed by atoms with Gasteiger partial charge in [0.1, 0.15) is 13.2 Å². The van der Waals surface area contributed by atoms with Gasteiger partial charge in [0, 0.05) is 19.3 Å². The van der Waals surface area contributed by atoms with Crippen molar-refractivity contribution in [2.75, 3.05) is 13.2 Å². The Morgan fingerprint density at radius 1 is 0.351 bits per heavy atom. The second-order valence-electron chi connectivity index (χ2n) is 16.4. The number of esters is 3. The fourth-order valence-corrected chi connectivity index (χ4v) is 6.92. The maximum Gasteiger partial charge on any atom is 0.306 e. The van der Waals surface area contributed by atoms with Crippen LogP contribution in [0.5, 0.6) is 0 Å². The normalized spacial score (nSPS) is 12.3. The van der Waals surface area contributed by atoms with Gasteiger partial charge >= 0.3 is 17.9 Å².